The Morgan fingerprint density at radius 2 is 1.65 bits per heavy atom. The molecule has 0 saturated heterocycles. The third-order valence-electron chi connectivity index (χ3n) is 4.92. The topological polar surface area (TPSA) is 99.9 Å². The molecule has 0 radical (unpaired) electrons. The largest absolute Gasteiger partial charge is 0.497 e. The number of hydrogen-bond donors (Lipinski definition) is 1. The van der Waals surface area contributed by atoms with Crippen LogP contribution in [0, 0.1) is 6.92 Å². The van der Waals surface area contributed by atoms with E-state index >= 15 is 0 Å². The average molecular weight is 419 g/mol. The molecule has 0 fully saturated rings. The third-order valence-corrected chi connectivity index (χ3v) is 4.92. The van der Waals surface area contributed by atoms with E-state index in [1.54, 1.807) is 50.1 Å². The van der Waals surface area contributed by atoms with Gasteiger partial charge in [0.05, 0.1) is 38.9 Å². The Bertz CT molecular complexity index is 1250. The van der Waals surface area contributed by atoms with Crippen LogP contribution in [0.4, 0.5) is 5.69 Å². The van der Waals surface area contributed by atoms with Crippen LogP contribution in [-0.4, -0.2) is 47.0 Å². The van der Waals surface area contributed by atoms with Gasteiger partial charge in [0.1, 0.15) is 17.2 Å². The fourth-order valence-corrected chi connectivity index (χ4v) is 3.23. The van der Waals surface area contributed by atoms with Gasteiger partial charge in [-0.15, -0.1) is 10.2 Å². The molecule has 31 heavy (non-hydrogen) atoms. The molecule has 4 aromatic rings. The number of nitrogens with zero attached hydrogens (tertiary/aromatic N) is 4. The van der Waals surface area contributed by atoms with Crippen LogP contribution in [0.5, 0.6) is 17.2 Å². The summed E-state index contributed by atoms with van der Waals surface area (Å²) in [6, 6.07) is 12.7. The summed E-state index contributed by atoms with van der Waals surface area (Å²) in [6.45, 7) is 1.77. The fraction of sp³-hybridized carbons (Fsp3) is 0.182. The Morgan fingerprint density at radius 1 is 0.935 bits per heavy atom. The summed E-state index contributed by atoms with van der Waals surface area (Å²) in [5.41, 5.74) is 3.46. The molecule has 0 bridgehead atoms. The molecule has 0 aliphatic carbocycles. The number of benzene rings is 2. The smallest absolute Gasteiger partial charge is 0.278 e. The van der Waals surface area contributed by atoms with E-state index in [9.17, 15) is 4.79 Å². The van der Waals surface area contributed by atoms with Gasteiger partial charge < -0.3 is 19.5 Å². The SMILES string of the molecule is COc1ccc(-c2cnn3c(C)c(C(=O)Nc4cc(OC)ccc4OC)nnc23)cc1. The quantitative estimate of drug-likeness (QED) is 0.511. The minimum atomic E-state index is -0.431. The van der Waals surface area contributed by atoms with E-state index in [4.69, 9.17) is 14.2 Å². The second-order valence-corrected chi connectivity index (χ2v) is 6.68. The van der Waals surface area contributed by atoms with Gasteiger partial charge in [-0.2, -0.15) is 5.10 Å². The first-order valence-corrected chi connectivity index (χ1v) is 9.44. The number of methoxy groups -OCH3 is 3. The van der Waals surface area contributed by atoms with E-state index in [0.717, 1.165) is 16.9 Å². The van der Waals surface area contributed by atoms with Crippen molar-refractivity contribution in [2.75, 3.05) is 26.6 Å². The summed E-state index contributed by atoms with van der Waals surface area (Å²) in [7, 11) is 4.70. The molecule has 2 aromatic heterocycles. The highest BCUT2D eigenvalue weighted by atomic mass is 16.5. The number of aryl methyl sites for hydroxylation is 1. The van der Waals surface area contributed by atoms with E-state index in [1.165, 1.54) is 7.11 Å². The molecule has 0 spiro atoms. The zero-order valence-electron chi connectivity index (χ0n) is 17.5. The first kappa shape index (κ1) is 20.1. The van der Waals surface area contributed by atoms with Gasteiger partial charge in [0.2, 0.25) is 0 Å². The van der Waals surface area contributed by atoms with Gasteiger partial charge in [0.25, 0.3) is 5.91 Å². The molecule has 0 saturated carbocycles. The lowest BCUT2D eigenvalue weighted by atomic mass is 10.1. The summed E-state index contributed by atoms with van der Waals surface area (Å²) >= 11 is 0. The molecule has 4 rings (SSSR count). The van der Waals surface area contributed by atoms with Crippen LogP contribution < -0.4 is 19.5 Å². The van der Waals surface area contributed by atoms with Crippen LogP contribution in [0.3, 0.4) is 0 Å². The predicted octanol–water partition coefficient (Wildman–Crippen LogP) is 3.38. The minimum Gasteiger partial charge on any atom is -0.497 e. The molecular weight excluding hydrogens is 398 g/mol. The van der Waals surface area contributed by atoms with Crippen molar-refractivity contribution in [2.45, 2.75) is 6.92 Å². The summed E-state index contributed by atoms with van der Waals surface area (Å²) in [6.07, 6.45) is 1.70. The first-order valence-electron chi connectivity index (χ1n) is 9.44. The average Bonchev–Trinajstić information content (AvgIpc) is 3.24. The number of hydrogen-bond acceptors (Lipinski definition) is 7. The Morgan fingerprint density at radius 3 is 2.32 bits per heavy atom. The highest BCUT2D eigenvalue weighted by molar-refractivity contribution is 6.04. The van der Waals surface area contributed by atoms with E-state index in [1.807, 2.05) is 24.3 Å². The van der Waals surface area contributed by atoms with Crippen LogP contribution in [0.1, 0.15) is 16.2 Å². The zero-order chi connectivity index (χ0) is 22.0. The number of aromatic nitrogens is 4. The Hall–Kier alpha value is -4.14. The Labute approximate surface area is 178 Å². The van der Waals surface area contributed by atoms with Crippen molar-refractivity contribution in [3.63, 3.8) is 0 Å². The Balaban J connectivity index is 1.68. The maximum atomic E-state index is 12.9. The van der Waals surface area contributed by atoms with Crippen molar-refractivity contribution >= 4 is 17.2 Å². The molecule has 0 atom stereocenters. The van der Waals surface area contributed by atoms with Gasteiger partial charge in [-0.25, -0.2) is 4.52 Å². The standard InChI is InChI=1S/C22H21N5O4/c1-13-20(22(28)24-18-11-16(30-3)9-10-19(18)31-4)25-26-21-17(12-23-27(13)21)14-5-7-15(29-2)8-6-14/h5-12H,1-4H3,(H,24,28). The van der Waals surface area contributed by atoms with E-state index < -0.39 is 5.91 Å². The number of fused-ring (bicyclic) bond motifs is 1. The Kier molecular flexibility index (Phi) is 5.40. The van der Waals surface area contributed by atoms with Gasteiger partial charge >= 0.3 is 0 Å². The van der Waals surface area contributed by atoms with Crippen molar-refractivity contribution in [1.29, 1.82) is 0 Å². The van der Waals surface area contributed by atoms with E-state index in [-0.39, 0.29) is 5.69 Å². The van der Waals surface area contributed by atoms with Crippen molar-refractivity contribution in [2.24, 2.45) is 0 Å². The third kappa shape index (κ3) is 3.73. The fourth-order valence-electron chi connectivity index (χ4n) is 3.23. The van der Waals surface area contributed by atoms with Crippen LogP contribution in [-0.2, 0) is 0 Å². The predicted molar refractivity (Wildman–Crippen MR) is 115 cm³/mol. The maximum absolute atomic E-state index is 12.9. The minimum absolute atomic E-state index is 0.154. The molecular formula is C22H21N5O4. The lowest BCUT2D eigenvalue weighted by Gasteiger charge is -2.12. The summed E-state index contributed by atoms with van der Waals surface area (Å²) < 4.78 is 17.4. The van der Waals surface area contributed by atoms with Gasteiger partial charge in [0, 0.05) is 11.6 Å². The molecule has 9 heteroatoms. The summed E-state index contributed by atoms with van der Waals surface area (Å²) in [4.78, 5) is 12.9. The lowest BCUT2D eigenvalue weighted by molar-refractivity contribution is 0.101. The number of nitrogens with one attached hydrogen (secondary N) is 1. The van der Waals surface area contributed by atoms with Gasteiger partial charge in [-0.1, -0.05) is 12.1 Å². The van der Waals surface area contributed by atoms with E-state index in [0.29, 0.717) is 28.5 Å². The van der Waals surface area contributed by atoms with Gasteiger partial charge in [-0.05, 0) is 36.8 Å². The zero-order valence-corrected chi connectivity index (χ0v) is 17.5. The highest BCUT2D eigenvalue weighted by Gasteiger charge is 2.19. The monoisotopic (exact) mass is 419 g/mol. The molecule has 2 aromatic carbocycles. The van der Waals surface area contributed by atoms with Crippen LogP contribution in [0.25, 0.3) is 16.8 Å². The molecule has 0 unspecified atom stereocenters. The molecule has 2 heterocycles. The number of ether oxygens (including phenoxy) is 3. The molecule has 0 aliphatic rings. The normalized spacial score (nSPS) is 10.7. The van der Waals surface area contributed by atoms with E-state index in [2.05, 4.69) is 20.6 Å². The van der Waals surface area contributed by atoms with Gasteiger partial charge in [-0.3, -0.25) is 4.79 Å². The summed E-state index contributed by atoms with van der Waals surface area (Å²) in [5.74, 6) is 1.42. The second kappa shape index (κ2) is 8.31. The summed E-state index contributed by atoms with van der Waals surface area (Å²) in [5, 5.41) is 15.6. The highest BCUT2D eigenvalue weighted by Crippen LogP contribution is 2.30. The van der Waals surface area contributed by atoms with Gasteiger partial charge in [0.15, 0.2) is 11.3 Å². The number of carbonyl (C=O) groups is 1. The molecule has 0 aliphatic heterocycles. The van der Waals surface area contributed by atoms with Crippen LogP contribution in [0.2, 0.25) is 0 Å². The van der Waals surface area contributed by atoms with Crippen LogP contribution >= 0.6 is 0 Å². The number of anilines is 1. The number of amides is 1. The van der Waals surface area contributed by atoms with Crippen molar-refractivity contribution < 1.29 is 19.0 Å². The number of rotatable bonds is 6. The molecule has 1 amide bonds. The first-order chi connectivity index (χ1) is 15.0. The van der Waals surface area contributed by atoms with Crippen molar-refractivity contribution in [3.8, 4) is 28.4 Å². The lowest BCUT2D eigenvalue weighted by Crippen LogP contribution is -2.19. The second-order valence-electron chi connectivity index (χ2n) is 6.68. The van der Waals surface area contributed by atoms with Crippen molar-refractivity contribution in [3.05, 3.63) is 60.0 Å². The molecule has 158 valence electrons. The molecule has 1 N–H and O–H groups in total. The maximum Gasteiger partial charge on any atom is 0.278 e. The number of carbonyl (C=O) groups excluding carboxylic acids is 1. The molecule has 9 nitrogen and oxygen atoms in total. The van der Waals surface area contributed by atoms with Crippen LogP contribution in [0.15, 0.2) is 48.7 Å². The van der Waals surface area contributed by atoms with Crippen molar-refractivity contribution in [1.82, 2.24) is 19.8 Å².